The molecule has 0 aliphatic carbocycles. The summed E-state index contributed by atoms with van der Waals surface area (Å²) < 4.78 is 7.30. The standard InChI is InChI=1S/C16H15IO/c1-16(2,3)12-8-4-6-10-11-7-5-9-13(17)15(11)18-14(10)12/h4-9H,1-3H3. The van der Waals surface area contributed by atoms with Gasteiger partial charge in [0.2, 0.25) is 0 Å². The molecule has 0 N–H and O–H groups in total. The molecule has 3 rings (SSSR count). The number of halogens is 1. The minimum absolute atomic E-state index is 0.0961. The van der Waals surface area contributed by atoms with Gasteiger partial charge in [0.25, 0.3) is 0 Å². The Morgan fingerprint density at radius 1 is 0.889 bits per heavy atom. The fourth-order valence-corrected chi connectivity index (χ4v) is 2.98. The second-order valence-corrected chi connectivity index (χ2v) is 6.81. The van der Waals surface area contributed by atoms with Crippen molar-refractivity contribution in [2.45, 2.75) is 26.2 Å². The van der Waals surface area contributed by atoms with Crippen molar-refractivity contribution in [2.75, 3.05) is 0 Å². The average Bonchev–Trinajstić information content (AvgIpc) is 2.68. The van der Waals surface area contributed by atoms with Crippen LogP contribution in [0.1, 0.15) is 26.3 Å². The molecule has 2 heteroatoms. The molecule has 0 bridgehead atoms. The molecule has 2 aromatic carbocycles. The van der Waals surface area contributed by atoms with Crippen LogP contribution in [-0.2, 0) is 5.41 Å². The van der Waals surface area contributed by atoms with E-state index in [2.05, 4.69) is 79.8 Å². The van der Waals surface area contributed by atoms with E-state index in [4.69, 9.17) is 4.42 Å². The molecule has 18 heavy (non-hydrogen) atoms. The summed E-state index contributed by atoms with van der Waals surface area (Å²) in [6, 6.07) is 12.7. The second kappa shape index (κ2) is 3.98. The van der Waals surface area contributed by atoms with Gasteiger partial charge < -0.3 is 4.42 Å². The second-order valence-electron chi connectivity index (χ2n) is 5.65. The molecule has 0 radical (unpaired) electrons. The molecule has 0 amide bonds. The summed E-state index contributed by atoms with van der Waals surface area (Å²) in [5, 5.41) is 2.43. The molecule has 1 heterocycles. The van der Waals surface area contributed by atoms with Gasteiger partial charge in [0, 0.05) is 16.3 Å². The van der Waals surface area contributed by atoms with E-state index >= 15 is 0 Å². The van der Waals surface area contributed by atoms with E-state index in [-0.39, 0.29) is 5.41 Å². The van der Waals surface area contributed by atoms with E-state index in [0.717, 1.165) is 11.2 Å². The first kappa shape index (κ1) is 12.0. The molecular formula is C16H15IO. The Morgan fingerprint density at radius 2 is 1.50 bits per heavy atom. The van der Waals surface area contributed by atoms with Crippen LogP contribution in [0.4, 0.5) is 0 Å². The summed E-state index contributed by atoms with van der Waals surface area (Å²) in [5.41, 5.74) is 3.40. The van der Waals surface area contributed by atoms with Crippen LogP contribution >= 0.6 is 22.6 Å². The van der Waals surface area contributed by atoms with Crippen LogP contribution in [0.15, 0.2) is 40.8 Å². The number of para-hydroxylation sites is 2. The quantitative estimate of drug-likeness (QED) is 0.489. The van der Waals surface area contributed by atoms with Crippen LogP contribution in [0.5, 0.6) is 0 Å². The van der Waals surface area contributed by atoms with Crippen molar-refractivity contribution in [3.05, 3.63) is 45.5 Å². The Kier molecular flexibility index (Phi) is 2.66. The topological polar surface area (TPSA) is 13.1 Å². The predicted molar refractivity (Wildman–Crippen MR) is 85.1 cm³/mol. The van der Waals surface area contributed by atoms with E-state index in [0.29, 0.717) is 0 Å². The average molecular weight is 350 g/mol. The Labute approximate surface area is 120 Å². The van der Waals surface area contributed by atoms with Crippen molar-refractivity contribution in [1.82, 2.24) is 0 Å². The predicted octanol–water partition coefficient (Wildman–Crippen LogP) is 5.49. The molecule has 0 saturated heterocycles. The Balaban J connectivity index is 2.50. The molecule has 0 aliphatic heterocycles. The van der Waals surface area contributed by atoms with Crippen LogP contribution in [0.2, 0.25) is 0 Å². The molecular weight excluding hydrogens is 335 g/mol. The number of rotatable bonds is 0. The highest BCUT2D eigenvalue weighted by atomic mass is 127. The van der Waals surface area contributed by atoms with Gasteiger partial charge in [-0.05, 0) is 34.1 Å². The van der Waals surface area contributed by atoms with Crippen molar-refractivity contribution in [3.8, 4) is 0 Å². The summed E-state index contributed by atoms with van der Waals surface area (Å²) in [5.74, 6) is 0. The number of hydrogen-bond acceptors (Lipinski definition) is 1. The first-order valence-electron chi connectivity index (χ1n) is 6.09. The minimum atomic E-state index is 0.0961. The minimum Gasteiger partial charge on any atom is -0.455 e. The molecule has 0 unspecified atom stereocenters. The van der Waals surface area contributed by atoms with Crippen LogP contribution in [0, 0.1) is 3.57 Å². The Morgan fingerprint density at radius 3 is 2.17 bits per heavy atom. The highest BCUT2D eigenvalue weighted by Crippen LogP contribution is 2.37. The van der Waals surface area contributed by atoms with Crippen LogP contribution in [0.25, 0.3) is 21.9 Å². The zero-order valence-corrected chi connectivity index (χ0v) is 12.9. The smallest absolute Gasteiger partial charge is 0.148 e. The van der Waals surface area contributed by atoms with Crippen LogP contribution < -0.4 is 0 Å². The zero-order valence-electron chi connectivity index (χ0n) is 10.8. The summed E-state index contributed by atoms with van der Waals surface area (Å²) in [4.78, 5) is 0. The summed E-state index contributed by atoms with van der Waals surface area (Å²) in [7, 11) is 0. The maximum atomic E-state index is 6.13. The van der Waals surface area contributed by atoms with Crippen molar-refractivity contribution >= 4 is 44.5 Å². The molecule has 0 spiro atoms. The third-order valence-corrected chi connectivity index (χ3v) is 4.13. The molecule has 0 fully saturated rings. The molecule has 0 atom stereocenters. The summed E-state index contributed by atoms with van der Waals surface area (Å²) in [6.07, 6.45) is 0. The molecule has 0 saturated carbocycles. The van der Waals surface area contributed by atoms with Gasteiger partial charge in [-0.15, -0.1) is 0 Å². The first-order chi connectivity index (χ1) is 8.48. The van der Waals surface area contributed by atoms with Gasteiger partial charge in [-0.25, -0.2) is 0 Å². The highest BCUT2D eigenvalue weighted by molar-refractivity contribution is 14.1. The molecule has 92 valence electrons. The number of furan rings is 1. The van der Waals surface area contributed by atoms with Crippen LogP contribution in [0.3, 0.4) is 0 Å². The normalized spacial score (nSPS) is 12.4. The number of benzene rings is 2. The maximum absolute atomic E-state index is 6.13. The van der Waals surface area contributed by atoms with Gasteiger partial charge in [0.1, 0.15) is 11.2 Å². The third-order valence-electron chi connectivity index (χ3n) is 3.28. The van der Waals surface area contributed by atoms with E-state index in [1.165, 1.54) is 19.9 Å². The molecule has 1 aromatic heterocycles. The van der Waals surface area contributed by atoms with Gasteiger partial charge in [-0.2, -0.15) is 0 Å². The monoisotopic (exact) mass is 350 g/mol. The van der Waals surface area contributed by atoms with Gasteiger partial charge >= 0.3 is 0 Å². The van der Waals surface area contributed by atoms with E-state index in [1.807, 2.05) is 0 Å². The zero-order chi connectivity index (χ0) is 12.9. The van der Waals surface area contributed by atoms with E-state index < -0.39 is 0 Å². The van der Waals surface area contributed by atoms with Crippen LogP contribution in [-0.4, -0.2) is 0 Å². The largest absolute Gasteiger partial charge is 0.455 e. The highest BCUT2D eigenvalue weighted by Gasteiger charge is 2.20. The van der Waals surface area contributed by atoms with Crippen molar-refractivity contribution in [3.63, 3.8) is 0 Å². The molecule has 1 nitrogen and oxygen atoms in total. The first-order valence-corrected chi connectivity index (χ1v) is 7.16. The van der Waals surface area contributed by atoms with Crippen molar-refractivity contribution < 1.29 is 4.42 Å². The number of hydrogen-bond donors (Lipinski definition) is 0. The molecule has 3 aromatic rings. The fraction of sp³-hybridized carbons (Fsp3) is 0.250. The van der Waals surface area contributed by atoms with E-state index in [9.17, 15) is 0 Å². The van der Waals surface area contributed by atoms with Crippen molar-refractivity contribution in [1.29, 1.82) is 0 Å². The van der Waals surface area contributed by atoms with Gasteiger partial charge in [-0.1, -0.05) is 51.1 Å². The van der Waals surface area contributed by atoms with Gasteiger partial charge in [0.15, 0.2) is 0 Å². The third kappa shape index (κ3) is 1.74. The summed E-state index contributed by atoms with van der Waals surface area (Å²) in [6.45, 7) is 6.67. The molecule has 0 aliphatic rings. The van der Waals surface area contributed by atoms with Gasteiger partial charge in [-0.3, -0.25) is 0 Å². The number of fused-ring (bicyclic) bond motifs is 3. The lowest BCUT2D eigenvalue weighted by Crippen LogP contribution is -2.10. The summed E-state index contributed by atoms with van der Waals surface area (Å²) >= 11 is 2.33. The van der Waals surface area contributed by atoms with Crippen molar-refractivity contribution in [2.24, 2.45) is 0 Å². The lowest BCUT2D eigenvalue weighted by molar-refractivity contribution is 0.572. The SMILES string of the molecule is CC(C)(C)c1cccc2c1oc1c(I)cccc12. The Hall–Kier alpha value is -1.03. The Bertz CT molecular complexity index is 732. The van der Waals surface area contributed by atoms with E-state index in [1.54, 1.807) is 0 Å². The fourth-order valence-electron chi connectivity index (χ4n) is 2.38. The van der Waals surface area contributed by atoms with Gasteiger partial charge in [0.05, 0.1) is 3.57 Å². The maximum Gasteiger partial charge on any atom is 0.148 e. The lowest BCUT2D eigenvalue weighted by Gasteiger charge is -2.18. The lowest BCUT2D eigenvalue weighted by atomic mass is 9.86.